The molecule has 2 aliphatic rings. The van der Waals surface area contributed by atoms with E-state index in [1.54, 1.807) is 0 Å². The highest BCUT2D eigenvalue weighted by Crippen LogP contribution is 2.35. The average Bonchev–Trinajstić information content (AvgIpc) is 2.95. The minimum Gasteiger partial charge on any atom is -0.379 e. The van der Waals surface area contributed by atoms with Gasteiger partial charge in [-0.05, 0) is 37.6 Å². The summed E-state index contributed by atoms with van der Waals surface area (Å²) in [5, 5.41) is 0. The molecule has 0 amide bonds. The highest BCUT2D eigenvalue weighted by molar-refractivity contribution is 5.08. The van der Waals surface area contributed by atoms with Crippen molar-refractivity contribution in [2.75, 3.05) is 39.4 Å². The Bertz CT molecular complexity index is 693. The molecule has 0 atom stereocenters. The lowest BCUT2D eigenvalue weighted by Crippen LogP contribution is -2.47. The van der Waals surface area contributed by atoms with Crippen molar-refractivity contribution in [1.82, 2.24) is 24.3 Å². The maximum Gasteiger partial charge on any atom is 0.122 e. The lowest BCUT2D eigenvalue weighted by atomic mass is 9.78. The summed E-state index contributed by atoms with van der Waals surface area (Å²) in [4.78, 5) is 13.8. The number of imidazole rings is 1. The van der Waals surface area contributed by atoms with Gasteiger partial charge in [0.15, 0.2) is 0 Å². The van der Waals surface area contributed by atoms with Crippen molar-refractivity contribution in [3.8, 4) is 0 Å². The van der Waals surface area contributed by atoms with Gasteiger partial charge in [0.25, 0.3) is 0 Å². The van der Waals surface area contributed by atoms with E-state index in [0.717, 1.165) is 58.3 Å². The second kappa shape index (κ2) is 7.86. The Kier molecular flexibility index (Phi) is 5.33. The summed E-state index contributed by atoms with van der Waals surface area (Å²) < 4.78 is 8.14. The van der Waals surface area contributed by atoms with Gasteiger partial charge in [0.2, 0.25) is 0 Å². The van der Waals surface area contributed by atoms with Gasteiger partial charge in [-0.2, -0.15) is 0 Å². The van der Waals surface area contributed by atoms with Crippen LogP contribution in [0.4, 0.5) is 0 Å². The summed E-state index contributed by atoms with van der Waals surface area (Å²) in [6, 6.07) is 4.19. The van der Waals surface area contributed by atoms with Gasteiger partial charge in [-0.15, -0.1) is 0 Å². The summed E-state index contributed by atoms with van der Waals surface area (Å²) >= 11 is 0. The minimum absolute atomic E-state index is 0.289. The first-order valence-corrected chi connectivity index (χ1v) is 9.60. The lowest BCUT2D eigenvalue weighted by molar-refractivity contribution is 0.0117. The van der Waals surface area contributed by atoms with E-state index in [9.17, 15) is 0 Å². The number of likely N-dealkylation sites (tertiary alicyclic amines) is 1. The minimum atomic E-state index is 0.289. The zero-order valence-corrected chi connectivity index (χ0v) is 15.7. The number of aromatic nitrogens is 3. The topological polar surface area (TPSA) is 46.4 Å². The van der Waals surface area contributed by atoms with Crippen LogP contribution in [0.2, 0.25) is 0 Å². The molecule has 4 heterocycles. The highest BCUT2D eigenvalue weighted by atomic mass is 16.5. The summed E-state index contributed by atoms with van der Waals surface area (Å²) in [6.45, 7) is 8.02. The largest absolute Gasteiger partial charge is 0.379 e. The number of hydrogen-bond donors (Lipinski definition) is 0. The molecule has 0 N–H and O–H groups in total. The van der Waals surface area contributed by atoms with Gasteiger partial charge in [0.1, 0.15) is 5.82 Å². The van der Waals surface area contributed by atoms with Crippen LogP contribution in [-0.4, -0.2) is 63.7 Å². The van der Waals surface area contributed by atoms with Gasteiger partial charge in [-0.3, -0.25) is 14.8 Å². The van der Waals surface area contributed by atoms with E-state index < -0.39 is 0 Å². The smallest absolute Gasteiger partial charge is 0.122 e. The number of piperidine rings is 1. The third kappa shape index (κ3) is 4.14. The molecule has 0 unspecified atom stereocenters. The average molecular weight is 355 g/mol. The number of aryl methyl sites for hydroxylation is 1. The second-order valence-corrected chi connectivity index (χ2v) is 7.86. The molecule has 2 aliphatic heterocycles. The van der Waals surface area contributed by atoms with Crippen LogP contribution in [0.15, 0.2) is 36.9 Å². The molecule has 2 aromatic heterocycles. The lowest BCUT2D eigenvalue weighted by Gasteiger charge is -2.42. The van der Waals surface area contributed by atoms with E-state index in [-0.39, 0.29) is 5.41 Å². The fourth-order valence-corrected chi connectivity index (χ4v) is 4.20. The maximum atomic E-state index is 6.02. The fraction of sp³-hybridized carbons (Fsp3) is 0.600. The molecule has 0 aromatic carbocycles. The predicted molar refractivity (Wildman–Crippen MR) is 100 cm³/mol. The van der Waals surface area contributed by atoms with Crippen LogP contribution in [0.3, 0.4) is 0 Å². The Morgan fingerprint density at radius 1 is 1.12 bits per heavy atom. The standard InChI is InChI=1S/C20H29N5O/c1-23-10-7-22-19(23)15-24-8-4-20(5-9-24)16-25(11-12-26-17-20)14-18-3-2-6-21-13-18/h2-3,6-7,10,13H,4-5,8-9,11-12,14-17H2,1H3. The third-order valence-electron chi connectivity index (χ3n) is 5.85. The van der Waals surface area contributed by atoms with Crippen molar-refractivity contribution in [1.29, 1.82) is 0 Å². The zero-order valence-electron chi connectivity index (χ0n) is 15.7. The number of rotatable bonds is 4. The Labute approximate surface area is 155 Å². The molecular weight excluding hydrogens is 326 g/mol. The zero-order chi connectivity index (χ0) is 17.8. The molecule has 2 fully saturated rings. The van der Waals surface area contributed by atoms with E-state index in [0.29, 0.717) is 0 Å². The molecule has 0 radical (unpaired) electrons. The quantitative estimate of drug-likeness (QED) is 0.839. The molecule has 6 nitrogen and oxygen atoms in total. The van der Waals surface area contributed by atoms with Crippen LogP contribution in [-0.2, 0) is 24.9 Å². The summed E-state index contributed by atoms with van der Waals surface area (Å²) in [5.74, 6) is 1.15. The van der Waals surface area contributed by atoms with E-state index >= 15 is 0 Å². The number of nitrogens with zero attached hydrogens (tertiary/aromatic N) is 5. The van der Waals surface area contributed by atoms with Crippen LogP contribution in [0, 0.1) is 5.41 Å². The van der Waals surface area contributed by atoms with Crippen LogP contribution in [0.1, 0.15) is 24.2 Å². The SMILES string of the molecule is Cn1ccnc1CN1CCC2(CC1)COCCN(Cc1cccnc1)C2. The van der Waals surface area contributed by atoms with Crippen LogP contribution >= 0.6 is 0 Å². The fourth-order valence-electron chi connectivity index (χ4n) is 4.20. The van der Waals surface area contributed by atoms with Crippen molar-refractivity contribution in [2.45, 2.75) is 25.9 Å². The summed E-state index contributed by atoms with van der Waals surface area (Å²) in [5.41, 5.74) is 1.58. The second-order valence-electron chi connectivity index (χ2n) is 7.86. The van der Waals surface area contributed by atoms with E-state index in [1.165, 1.54) is 18.4 Å². The van der Waals surface area contributed by atoms with Gasteiger partial charge in [-0.25, -0.2) is 4.98 Å². The Hall–Kier alpha value is -1.76. The molecule has 6 heteroatoms. The third-order valence-corrected chi connectivity index (χ3v) is 5.85. The first kappa shape index (κ1) is 17.6. The molecule has 1 spiro atoms. The van der Waals surface area contributed by atoms with Crippen LogP contribution in [0.5, 0.6) is 0 Å². The number of hydrogen-bond acceptors (Lipinski definition) is 5. The normalized spacial score (nSPS) is 21.7. The monoisotopic (exact) mass is 355 g/mol. The molecule has 2 aromatic rings. The van der Waals surface area contributed by atoms with Gasteiger partial charge in [0.05, 0.1) is 19.8 Å². The van der Waals surface area contributed by atoms with Crippen molar-refractivity contribution in [3.63, 3.8) is 0 Å². The van der Waals surface area contributed by atoms with Gasteiger partial charge in [0, 0.05) is 56.9 Å². The summed E-state index contributed by atoms with van der Waals surface area (Å²) in [6.07, 6.45) is 10.1. The maximum absolute atomic E-state index is 6.02. The van der Waals surface area contributed by atoms with Gasteiger partial charge in [-0.1, -0.05) is 6.07 Å². The molecule has 2 saturated heterocycles. The molecule has 0 saturated carbocycles. The molecule has 4 rings (SSSR count). The van der Waals surface area contributed by atoms with E-state index in [2.05, 4.69) is 37.4 Å². The predicted octanol–water partition coefficient (Wildman–Crippen LogP) is 1.93. The van der Waals surface area contributed by atoms with E-state index in [4.69, 9.17) is 4.74 Å². The van der Waals surface area contributed by atoms with Crippen molar-refractivity contribution >= 4 is 0 Å². The number of ether oxygens (including phenoxy) is 1. The van der Waals surface area contributed by atoms with Crippen molar-refractivity contribution in [2.24, 2.45) is 12.5 Å². The van der Waals surface area contributed by atoms with Crippen molar-refractivity contribution < 1.29 is 4.74 Å². The Morgan fingerprint density at radius 3 is 2.73 bits per heavy atom. The summed E-state index contributed by atoms with van der Waals surface area (Å²) in [7, 11) is 2.07. The number of pyridine rings is 1. The van der Waals surface area contributed by atoms with Gasteiger partial charge >= 0.3 is 0 Å². The Morgan fingerprint density at radius 2 is 2.00 bits per heavy atom. The molecule has 0 aliphatic carbocycles. The highest BCUT2D eigenvalue weighted by Gasteiger charge is 2.38. The first-order valence-electron chi connectivity index (χ1n) is 9.60. The van der Waals surface area contributed by atoms with E-state index in [1.807, 2.05) is 30.9 Å². The van der Waals surface area contributed by atoms with Crippen LogP contribution < -0.4 is 0 Å². The Balaban J connectivity index is 1.36. The van der Waals surface area contributed by atoms with Gasteiger partial charge < -0.3 is 9.30 Å². The van der Waals surface area contributed by atoms with Crippen LogP contribution in [0.25, 0.3) is 0 Å². The molecular formula is C20H29N5O. The molecule has 26 heavy (non-hydrogen) atoms. The van der Waals surface area contributed by atoms with Crippen molar-refractivity contribution in [3.05, 3.63) is 48.3 Å². The molecule has 0 bridgehead atoms. The molecule has 140 valence electrons. The first-order chi connectivity index (χ1) is 12.7.